The lowest BCUT2D eigenvalue weighted by molar-refractivity contribution is 0.0695. The van der Waals surface area contributed by atoms with Crippen molar-refractivity contribution in [2.75, 3.05) is 18.1 Å². The molecular weight excluding hydrogens is 270 g/mol. The van der Waals surface area contributed by atoms with Gasteiger partial charge in [0.2, 0.25) is 0 Å². The molecule has 0 spiro atoms. The Bertz CT molecular complexity index is 579. The third-order valence-electron chi connectivity index (χ3n) is 3.34. The number of hydrogen-bond acceptors (Lipinski definition) is 5. The first-order valence-electron chi connectivity index (χ1n) is 6.04. The largest absolute Gasteiger partial charge is 0.478 e. The highest BCUT2D eigenvalue weighted by Crippen LogP contribution is 2.17. The highest BCUT2D eigenvalue weighted by atomic mass is 32.2. The predicted octanol–water partition coefficient (Wildman–Crippen LogP) is -0.357. The first kappa shape index (κ1) is 14.0. The molecule has 1 atom stereocenters. The van der Waals surface area contributed by atoms with Gasteiger partial charge in [-0.05, 0) is 18.9 Å². The zero-order chi connectivity index (χ0) is 14.0. The van der Waals surface area contributed by atoms with Crippen LogP contribution in [0.4, 0.5) is 0 Å². The minimum Gasteiger partial charge on any atom is -0.478 e. The maximum absolute atomic E-state index is 11.3. The van der Waals surface area contributed by atoms with Crippen LogP contribution in [0.5, 0.6) is 0 Å². The minimum absolute atomic E-state index is 0.117. The summed E-state index contributed by atoms with van der Waals surface area (Å²) in [6.07, 6.45) is 1.99. The summed E-state index contributed by atoms with van der Waals surface area (Å²) in [5, 5.41) is 16.0. The SMILES string of the molecule is Cn1ncc(C(=O)O)c1CNCC1CCS(=O)(=O)C1. The Hall–Kier alpha value is -1.41. The summed E-state index contributed by atoms with van der Waals surface area (Å²) in [6, 6.07) is 0. The Kier molecular flexibility index (Phi) is 3.91. The number of carboxylic acids is 1. The van der Waals surface area contributed by atoms with Crippen LogP contribution in [-0.4, -0.2) is 47.3 Å². The highest BCUT2D eigenvalue weighted by Gasteiger charge is 2.27. The molecular formula is C11H17N3O4S. The second kappa shape index (κ2) is 5.30. The van der Waals surface area contributed by atoms with Gasteiger partial charge < -0.3 is 10.4 Å². The molecule has 2 rings (SSSR count). The van der Waals surface area contributed by atoms with Crippen molar-refractivity contribution in [2.24, 2.45) is 13.0 Å². The van der Waals surface area contributed by atoms with E-state index in [-0.39, 0.29) is 23.0 Å². The third kappa shape index (κ3) is 3.32. The Balaban J connectivity index is 1.90. The molecule has 7 nitrogen and oxygen atoms in total. The molecule has 1 fully saturated rings. The van der Waals surface area contributed by atoms with Crippen LogP contribution in [0, 0.1) is 5.92 Å². The summed E-state index contributed by atoms with van der Waals surface area (Å²) in [7, 11) is -1.18. The molecule has 0 amide bonds. The van der Waals surface area contributed by atoms with Crippen LogP contribution >= 0.6 is 0 Å². The van der Waals surface area contributed by atoms with Crippen molar-refractivity contribution in [1.29, 1.82) is 0 Å². The van der Waals surface area contributed by atoms with Gasteiger partial charge in [-0.15, -0.1) is 0 Å². The molecule has 1 aliphatic rings. The predicted molar refractivity (Wildman–Crippen MR) is 68.6 cm³/mol. The number of aryl methyl sites for hydroxylation is 1. The summed E-state index contributed by atoms with van der Waals surface area (Å²) >= 11 is 0. The number of aromatic nitrogens is 2. The molecule has 0 saturated carbocycles. The molecule has 2 N–H and O–H groups in total. The number of carboxylic acid groups (broad SMARTS) is 1. The number of nitrogens with zero attached hydrogens (tertiary/aromatic N) is 2. The van der Waals surface area contributed by atoms with Crippen LogP contribution in [0.3, 0.4) is 0 Å². The van der Waals surface area contributed by atoms with E-state index in [9.17, 15) is 13.2 Å². The van der Waals surface area contributed by atoms with Gasteiger partial charge in [0.25, 0.3) is 0 Å². The summed E-state index contributed by atoms with van der Waals surface area (Å²) in [5.41, 5.74) is 0.766. The lowest BCUT2D eigenvalue weighted by atomic mass is 10.1. The Morgan fingerprint density at radius 1 is 1.63 bits per heavy atom. The summed E-state index contributed by atoms with van der Waals surface area (Å²) in [6.45, 7) is 0.943. The average molecular weight is 287 g/mol. The molecule has 1 aromatic heterocycles. The van der Waals surface area contributed by atoms with E-state index < -0.39 is 15.8 Å². The first-order chi connectivity index (χ1) is 8.89. The quantitative estimate of drug-likeness (QED) is 0.767. The fourth-order valence-electron chi connectivity index (χ4n) is 2.28. The molecule has 8 heteroatoms. The molecule has 106 valence electrons. The van der Waals surface area contributed by atoms with Gasteiger partial charge in [-0.25, -0.2) is 13.2 Å². The zero-order valence-corrected chi connectivity index (χ0v) is 11.5. The highest BCUT2D eigenvalue weighted by molar-refractivity contribution is 7.91. The molecule has 2 heterocycles. The van der Waals surface area contributed by atoms with Gasteiger partial charge in [0, 0.05) is 13.6 Å². The maximum Gasteiger partial charge on any atom is 0.339 e. The molecule has 0 aliphatic carbocycles. The molecule has 1 saturated heterocycles. The van der Waals surface area contributed by atoms with Crippen molar-refractivity contribution in [3.05, 3.63) is 17.5 Å². The van der Waals surface area contributed by atoms with Crippen molar-refractivity contribution in [3.8, 4) is 0 Å². The smallest absolute Gasteiger partial charge is 0.339 e. The summed E-state index contributed by atoms with van der Waals surface area (Å²) in [5.74, 6) is -0.414. The summed E-state index contributed by atoms with van der Waals surface area (Å²) in [4.78, 5) is 11.0. The van der Waals surface area contributed by atoms with Gasteiger partial charge in [-0.1, -0.05) is 0 Å². The van der Waals surface area contributed by atoms with E-state index in [1.807, 2.05) is 0 Å². The monoisotopic (exact) mass is 287 g/mol. The maximum atomic E-state index is 11.3. The normalized spacial score (nSPS) is 21.6. The van der Waals surface area contributed by atoms with Gasteiger partial charge >= 0.3 is 5.97 Å². The molecule has 19 heavy (non-hydrogen) atoms. The van der Waals surface area contributed by atoms with Crippen LogP contribution in [-0.2, 0) is 23.4 Å². The zero-order valence-electron chi connectivity index (χ0n) is 10.7. The molecule has 1 aliphatic heterocycles. The number of sulfone groups is 1. The molecule has 1 unspecified atom stereocenters. The Labute approximate surface area is 111 Å². The Morgan fingerprint density at radius 3 is 2.95 bits per heavy atom. The van der Waals surface area contributed by atoms with Crippen molar-refractivity contribution < 1.29 is 18.3 Å². The van der Waals surface area contributed by atoms with E-state index in [0.717, 1.165) is 0 Å². The summed E-state index contributed by atoms with van der Waals surface area (Å²) < 4.78 is 24.1. The molecule has 0 aromatic carbocycles. The number of nitrogens with one attached hydrogen (secondary N) is 1. The number of hydrogen-bond donors (Lipinski definition) is 2. The number of aromatic carboxylic acids is 1. The number of rotatable bonds is 5. The number of carbonyl (C=O) groups is 1. The van der Waals surface area contributed by atoms with Gasteiger partial charge in [-0.2, -0.15) is 5.10 Å². The van der Waals surface area contributed by atoms with Crippen LogP contribution in [0.15, 0.2) is 6.20 Å². The van der Waals surface area contributed by atoms with E-state index in [4.69, 9.17) is 5.11 Å². The second-order valence-electron chi connectivity index (χ2n) is 4.83. The molecule has 0 radical (unpaired) electrons. The van der Waals surface area contributed by atoms with E-state index >= 15 is 0 Å². The van der Waals surface area contributed by atoms with E-state index in [0.29, 0.717) is 25.2 Å². The first-order valence-corrected chi connectivity index (χ1v) is 7.86. The fourth-order valence-corrected chi connectivity index (χ4v) is 4.14. The van der Waals surface area contributed by atoms with Crippen LogP contribution in [0.1, 0.15) is 22.5 Å². The van der Waals surface area contributed by atoms with Crippen LogP contribution in [0.25, 0.3) is 0 Å². The lowest BCUT2D eigenvalue weighted by Crippen LogP contribution is -2.25. The van der Waals surface area contributed by atoms with Crippen molar-refractivity contribution in [2.45, 2.75) is 13.0 Å². The fraction of sp³-hybridized carbons (Fsp3) is 0.636. The molecule has 0 bridgehead atoms. The van der Waals surface area contributed by atoms with Gasteiger partial charge in [0.1, 0.15) is 5.56 Å². The second-order valence-corrected chi connectivity index (χ2v) is 7.06. The molecule has 1 aromatic rings. The van der Waals surface area contributed by atoms with Gasteiger partial charge in [0.15, 0.2) is 9.84 Å². The van der Waals surface area contributed by atoms with Crippen molar-refractivity contribution in [3.63, 3.8) is 0 Å². The third-order valence-corrected chi connectivity index (χ3v) is 5.18. The van der Waals surface area contributed by atoms with Crippen LogP contribution < -0.4 is 5.32 Å². The van der Waals surface area contributed by atoms with E-state index in [1.165, 1.54) is 10.9 Å². The lowest BCUT2D eigenvalue weighted by Gasteiger charge is -2.10. The van der Waals surface area contributed by atoms with E-state index in [1.54, 1.807) is 7.05 Å². The topological polar surface area (TPSA) is 101 Å². The Morgan fingerprint density at radius 2 is 2.37 bits per heavy atom. The van der Waals surface area contributed by atoms with Crippen molar-refractivity contribution >= 4 is 15.8 Å². The minimum atomic E-state index is -2.86. The average Bonchev–Trinajstić information content (AvgIpc) is 2.83. The van der Waals surface area contributed by atoms with Crippen LogP contribution in [0.2, 0.25) is 0 Å². The standard InChI is InChI=1S/C11H17N3O4S/c1-14-10(9(5-13-14)11(15)16)6-12-4-8-2-3-19(17,18)7-8/h5,8,12H,2-4,6-7H2,1H3,(H,15,16). The van der Waals surface area contributed by atoms with Gasteiger partial charge in [-0.3, -0.25) is 4.68 Å². The van der Waals surface area contributed by atoms with E-state index in [2.05, 4.69) is 10.4 Å². The van der Waals surface area contributed by atoms with Crippen molar-refractivity contribution in [1.82, 2.24) is 15.1 Å². The van der Waals surface area contributed by atoms with Gasteiger partial charge in [0.05, 0.1) is 23.4 Å².